The normalized spacial score (nSPS) is 18.4. The highest BCUT2D eigenvalue weighted by Crippen LogP contribution is 2.32. The van der Waals surface area contributed by atoms with Crippen molar-refractivity contribution in [3.63, 3.8) is 0 Å². The van der Waals surface area contributed by atoms with E-state index >= 15 is 0 Å². The molecule has 0 bridgehead atoms. The summed E-state index contributed by atoms with van der Waals surface area (Å²) >= 11 is 6.56. The van der Waals surface area contributed by atoms with Crippen LogP contribution in [0.15, 0.2) is 0 Å². The molecule has 1 fully saturated rings. The molecule has 0 aliphatic heterocycles. The largest absolute Gasteiger partial charge is 0.269 e. The van der Waals surface area contributed by atoms with E-state index in [0.29, 0.717) is 0 Å². The maximum atomic E-state index is 6.56. The Balaban J connectivity index is 2.25. The highest BCUT2D eigenvalue weighted by Gasteiger charge is 2.23. The molecule has 1 aromatic heterocycles. The fourth-order valence-electron chi connectivity index (χ4n) is 3.53. The Morgan fingerprint density at radius 1 is 1.15 bits per heavy atom. The molecule has 3 heteroatoms. The van der Waals surface area contributed by atoms with E-state index in [9.17, 15) is 0 Å². The number of hydrogen-bond acceptors (Lipinski definition) is 1. The molecule has 2 rings (SSSR count). The van der Waals surface area contributed by atoms with E-state index in [1.165, 1.54) is 49.1 Å². The Morgan fingerprint density at radius 2 is 1.85 bits per heavy atom. The van der Waals surface area contributed by atoms with Crippen LogP contribution in [0, 0.1) is 5.92 Å². The van der Waals surface area contributed by atoms with Gasteiger partial charge in [0.25, 0.3) is 0 Å². The molecule has 0 spiro atoms. The van der Waals surface area contributed by atoms with Gasteiger partial charge < -0.3 is 0 Å². The zero-order chi connectivity index (χ0) is 14.5. The minimum absolute atomic E-state index is 0.125. The summed E-state index contributed by atoms with van der Waals surface area (Å²) in [5.74, 6) is 0.821. The third-order valence-electron chi connectivity index (χ3n) is 4.67. The van der Waals surface area contributed by atoms with Gasteiger partial charge in [-0.3, -0.25) is 4.68 Å². The molecule has 0 saturated heterocycles. The summed E-state index contributed by atoms with van der Waals surface area (Å²) in [5, 5.41) is 5.02. The zero-order valence-electron chi connectivity index (χ0n) is 13.3. The molecule has 1 saturated carbocycles. The third kappa shape index (κ3) is 3.39. The van der Waals surface area contributed by atoms with Crippen LogP contribution in [0.3, 0.4) is 0 Å². The van der Waals surface area contributed by atoms with Crippen LogP contribution >= 0.6 is 11.6 Å². The van der Waals surface area contributed by atoms with Crippen LogP contribution in [-0.2, 0) is 19.4 Å². The van der Waals surface area contributed by atoms with Gasteiger partial charge in [0.2, 0.25) is 0 Å². The Morgan fingerprint density at radius 3 is 2.40 bits per heavy atom. The highest BCUT2D eigenvalue weighted by atomic mass is 35.5. The first kappa shape index (κ1) is 15.9. The molecule has 1 unspecified atom stereocenters. The van der Waals surface area contributed by atoms with Gasteiger partial charge in [-0.05, 0) is 38.0 Å². The van der Waals surface area contributed by atoms with Crippen molar-refractivity contribution in [3.8, 4) is 0 Å². The molecule has 1 atom stereocenters. The lowest BCUT2D eigenvalue weighted by Gasteiger charge is -2.22. The summed E-state index contributed by atoms with van der Waals surface area (Å²) in [6, 6.07) is 0. The van der Waals surface area contributed by atoms with E-state index in [-0.39, 0.29) is 5.38 Å². The van der Waals surface area contributed by atoms with E-state index in [4.69, 9.17) is 16.7 Å². The number of halogens is 1. The molecule has 0 aromatic carbocycles. The van der Waals surface area contributed by atoms with E-state index in [1.54, 1.807) is 0 Å². The predicted molar refractivity (Wildman–Crippen MR) is 86.4 cm³/mol. The summed E-state index contributed by atoms with van der Waals surface area (Å²) in [7, 11) is 0. The zero-order valence-corrected chi connectivity index (χ0v) is 14.0. The molecule has 1 aliphatic carbocycles. The van der Waals surface area contributed by atoms with Crippen LogP contribution in [0.2, 0.25) is 0 Å². The van der Waals surface area contributed by atoms with Gasteiger partial charge in [-0.15, -0.1) is 11.6 Å². The molecule has 1 aliphatic rings. The second kappa shape index (κ2) is 7.49. The topological polar surface area (TPSA) is 17.8 Å². The van der Waals surface area contributed by atoms with Gasteiger partial charge in [0.1, 0.15) is 0 Å². The van der Waals surface area contributed by atoms with Crippen LogP contribution in [0.25, 0.3) is 0 Å². The molecule has 0 N–H and O–H groups in total. The van der Waals surface area contributed by atoms with Gasteiger partial charge in [-0.2, -0.15) is 5.10 Å². The van der Waals surface area contributed by atoms with Gasteiger partial charge >= 0.3 is 0 Å². The number of alkyl halides is 1. The lowest BCUT2D eigenvalue weighted by Crippen LogP contribution is -2.17. The fourth-order valence-corrected chi connectivity index (χ4v) is 3.78. The number of aromatic nitrogens is 2. The molecular formula is C17H29ClN2. The average Bonchev–Trinajstić information content (AvgIpc) is 2.85. The van der Waals surface area contributed by atoms with Crippen LogP contribution in [0.1, 0.15) is 81.6 Å². The average molecular weight is 297 g/mol. The monoisotopic (exact) mass is 296 g/mol. The first-order valence-electron chi connectivity index (χ1n) is 8.43. The molecule has 20 heavy (non-hydrogen) atoms. The SMILES string of the molecule is CCc1nn(CC2CCCCC2)c(CC)c1C(Cl)CC. The highest BCUT2D eigenvalue weighted by molar-refractivity contribution is 6.20. The Kier molecular flexibility index (Phi) is 5.95. The van der Waals surface area contributed by atoms with Crippen molar-refractivity contribution in [2.24, 2.45) is 5.92 Å². The van der Waals surface area contributed by atoms with Crippen molar-refractivity contribution in [1.29, 1.82) is 0 Å². The number of nitrogens with zero attached hydrogens (tertiary/aromatic N) is 2. The van der Waals surface area contributed by atoms with E-state index in [0.717, 1.165) is 31.7 Å². The molecule has 0 radical (unpaired) electrons. The predicted octanol–water partition coefficient (Wildman–Crippen LogP) is 5.28. The van der Waals surface area contributed by atoms with Crippen molar-refractivity contribution in [3.05, 3.63) is 17.0 Å². The molecule has 1 heterocycles. The van der Waals surface area contributed by atoms with Gasteiger partial charge in [0.15, 0.2) is 0 Å². The van der Waals surface area contributed by atoms with Crippen molar-refractivity contribution in [1.82, 2.24) is 9.78 Å². The van der Waals surface area contributed by atoms with Crippen molar-refractivity contribution < 1.29 is 0 Å². The van der Waals surface area contributed by atoms with Gasteiger partial charge in [-0.1, -0.05) is 40.0 Å². The van der Waals surface area contributed by atoms with E-state index in [2.05, 4.69) is 25.5 Å². The maximum absolute atomic E-state index is 6.56. The molecule has 2 nitrogen and oxygen atoms in total. The van der Waals surface area contributed by atoms with Crippen molar-refractivity contribution in [2.45, 2.75) is 84.1 Å². The first-order valence-corrected chi connectivity index (χ1v) is 8.87. The summed E-state index contributed by atoms with van der Waals surface area (Å²) in [5.41, 5.74) is 3.93. The minimum Gasteiger partial charge on any atom is -0.269 e. The number of rotatable bonds is 6. The maximum Gasteiger partial charge on any atom is 0.0671 e. The van der Waals surface area contributed by atoms with Gasteiger partial charge in [0, 0.05) is 17.8 Å². The Labute approximate surface area is 128 Å². The summed E-state index contributed by atoms with van der Waals surface area (Å²) < 4.78 is 2.29. The van der Waals surface area contributed by atoms with Crippen LogP contribution in [-0.4, -0.2) is 9.78 Å². The second-order valence-corrected chi connectivity index (χ2v) is 6.60. The van der Waals surface area contributed by atoms with Gasteiger partial charge in [-0.25, -0.2) is 0 Å². The standard InChI is InChI=1S/C17H29ClN2/c1-4-14(18)17-15(5-2)19-20(16(17)6-3)12-13-10-8-7-9-11-13/h13-14H,4-12H2,1-3H3. The van der Waals surface area contributed by atoms with Crippen LogP contribution in [0.4, 0.5) is 0 Å². The smallest absolute Gasteiger partial charge is 0.0671 e. The van der Waals surface area contributed by atoms with Gasteiger partial charge in [0.05, 0.1) is 11.1 Å². The lowest BCUT2D eigenvalue weighted by molar-refractivity contribution is 0.304. The third-order valence-corrected chi connectivity index (χ3v) is 5.20. The Hall–Kier alpha value is -0.500. The fraction of sp³-hybridized carbons (Fsp3) is 0.824. The summed E-state index contributed by atoms with van der Waals surface area (Å²) in [6.07, 6.45) is 9.97. The molecule has 1 aromatic rings. The minimum atomic E-state index is 0.125. The second-order valence-electron chi connectivity index (χ2n) is 6.08. The number of hydrogen-bond donors (Lipinski definition) is 0. The summed E-state index contributed by atoms with van der Waals surface area (Å²) in [6.45, 7) is 7.69. The Bertz CT molecular complexity index is 419. The van der Waals surface area contributed by atoms with Crippen molar-refractivity contribution in [2.75, 3.05) is 0 Å². The molecule has 114 valence electrons. The lowest BCUT2D eigenvalue weighted by atomic mass is 9.89. The van der Waals surface area contributed by atoms with E-state index in [1.807, 2.05) is 0 Å². The number of aryl methyl sites for hydroxylation is 1. The van der Waals surface area contributed by atoms with Crippen LogP contribution in [0.5, 0.6) is 0 Å². The molecule has 0 amide bonds. The van der Waals surface area contributed by atoms with E-state index < -0.39 is 0 Å². The quantitative estimate of drug-likeness (QED) is 0.653. The summed E-state index contributed by atoms with van der Waals surface area (Å²) in [4.78, 5) is 0. The first-order chi connectivity index (χ1) is 9.71. The molecular weight excluding hydrogens is 268 g/mol. The van der Waals surface area contributed by atoms with Crippen molar-refractivity contribution >= 4 is 11.6 Å². The van der Waals surface area contributed by atoms with Crippen LogP contribution < -0.4 is 0 Å².